The first kappa shape index (κ1) is 35.0. The molecule has 4 aromatic rings. The minimum Gasteiger partial charge on any atom is -0.494 e. The second-order valence-electron chi connectivity index (χ2n) is 10.7. The first-order valence-electron chi connectivity index (χ1n) is 15.3. The van der Waals surface area contributed by atoms with Gasteiger partial charge in [-0.05, 0) is 115 Å². The third kappa shape index (κ3) is 11.1. The third-order valence-electron chi connectivity index (χ3n) is 7.00. The summed E-state index contributed by atoms with van der Waals surface area (Å²) in [5.41, 5.74) is 3.02. The van der Waals surface area contributed by atoms with Gasteiger partial charge in [0.2, 0.25) is 10.9 Å². The van der Waals surface area contributed by atoms with Crippen molar-refractivity contribution >= 4 is 39.6 Å². The number of hydrogen-bond acceptors (Lipinski definition) is 8. The molecule has 0 N–H and O–H groups in total. The summed E-state index contributed by atoms with van der Waals surface area (Å²) < 4.78 is 33.8. The zero-order valence-corrected chi connectivity index (χ0v) is 27.1. The van der Waals surface area contributed by atoms with Crippen molar-refractivity contribution in [3.63, 3.8) is 0 Å². The summed E-state index contributed by atoms with van der Waals surface area (Å²) in [6.45, 7) is 9.16. The normalized spacial score (nSPS) is 10.7. The SMILES string of the molecule is C=C(C)C(=O)OCCOc1ccc2cc(C(=O)Sc3ccc(-c4ccc(OCCCCCCOC(=O)C(=C)F)cc4)cc3)ccc2c1. The van der Waals surface area contributed by atoms with E-state index in [1.54, 1.807) is 13.0 Å². The number of ether oxygens (including phenoxy) is 4. The first-order chi connectivity index (χ1) is 22.7. The number of rotatable bonds is 17. The third-order valence-corrected chi connectivity index (χ3v) is 7.92. The van der Waals surface area contributed by atoms with Gasteiger partial charge in [-0.25, -0.2) is 9.59 Å². The minimum atomic E-state index is -1.08. The number of carbonyl (C=O) groups excluding carboxylic acids is 3. The van der Waals surface area contributed by atoms with Crippen LogP contribution >= 0.6 is 11.8 Å². The van der Waals surface area contributed by atoms with Gasteiger partial charge in [-0.1, -0.05) is 49.6 Å². The molecule has 0 saturated carbocycles. The predicted octanol–water partition coefficient (Wildman–Crippen LogP) is 8.90. The maximum Gasteiger partial charge on any atom is 0.366 e. The van der Waals surface area contributed by atoms with Crippen molar-refractivity contribution < 1.29 is 37.7 Å². The molecule has 0 aromatic heterocycles. The van der Waals surface area contributed by atoms with E-state index in [0.29, 0.717) is 29.9 Å². The van der Waals surface area contributed by atoms with Crippen molar-refractivity contribution in [2.24, 2.45) is 0 Å². The highest BCUT2D eigenvalue weighted by Crippen LogP contribution is 2.29. The molecule has 0 spiro atoms. The minimum absolute atomic E-state index is 0.0488. The fourth-order valence-electron chi connectivity index (χ4n) is 4.47. The molecule has 0 atom stereocenters. The fraction of sp³-hybridized carbons (Fsp3) is 0.237. The maximum absolute atomic E-state index is 13.1. The van der Waals surface area contributed by atoms with Crippen LogP contribution in [0.4, 0.5) is 4.39 Å². The Morgan fingerprint density at radius 2 is 1.21 bits per heavy atom. The Hall–Kier alpha value is -4.89. The molecular formula is C38H37FO7S. The van der Waals surface area contributed by atoms with Gasteiger partial charge in [-0.2, -0.15) is 4.39 Å². The van der Waals surface area contributed by atoms with Crippen LogP contribution in [-0.2, 0) is 19.1 Å². The number of thioether (sulfide) groups is 1. The Kier molecular flexibility index (Phi) is 13.2. The molecule has 244 valence electrons. The van der Waals surface area contributed by atoms with Crippen molar-refractivity contribution in [3.8, 4) is 22.6 Å². The second-order valence-corrected chi connectivity index (χ2v) is 11.8. The molecule has 4 rings (SSSR count). The van der Waals surface area contributed by atoms with Crippen molar-refractivity contribution in [3.05, 3.63) is 115 Å². The van der Waals surface area contributed by atoms with E-state index in [1.807, 2.05) is 78.9 Å². The predicted molar refractivity (Wildman–Crippen MR) is 182 cm³/mol. The van der Waals surface area contributed by atoms with Crippen LogP contribution in [0.1, 0.15) is 43.0 Å². The van der Waals surface area contributed by atoms with E-state index in [4.69, 9.17) is 18.9 Å². The van der Waals surface area contributed by atoms with E-state index in [0.717, 1.165) is 51.8 Å². The van der Waals surface area contributed by atoms with Gasteiger partial charge in [0.25, 0.3) is 0 Å². The highest BCUT2D eigenvalue weighted by molar-refractivity contribution is 8.14. The largest absolute Gasteiger partial charge is 0.494 e. The Balaban J connectivity index is 1.20. The van der Waals surface area contributed by atoms with E-state index < -0.39 is 17.8 Å². The number of unbranched alkanes of at least 4 members (excludes halogenated alkanes) is 3. The number of benzene rings is 4. The molecule has 0 fully saturated rings. The Labute approximate surface area is 278 Å². The average molecular weight is 657 g/mol. The number of fused-ring (bicyclic) bond motifs is 1. The van der Waals surface area contributed by atoms with Gasteiger partial charge in [-0.3, -0.25) is 4.79 Å². The molecule has 0 aliphatic rings. The van der Waals surface area contributed by atoms with Crippen LogP contribution in [0.15, 0.2) is 114 Å². The maximum atomic E-state index is 13.1. The molecule has 0 unspecified atom stereocenters. The van der Waals surface area contributed by atoms with E-state index in [9.17, 15) is 18.8 Å². The number of carbonyl (C=O) groups is 3. The summed E-state index contributed by atoms with van der Waals surface area (Å²) >= 11 is 1.18. The molecule has 47 heavy (non-hydrogen) atoms. The summed E-state index contributed by atoms with van der Waals surface area (Å²) in [4.78, 5) is 36.4. The molecule has 4 aromatic carbocycles. The lowest BCUT2D eigenvalue weighted by Crippen LogP contribution is -2.12. The Morgan fingerprint density at radius 1 is 0.638 bits per heavy atom. The lowest BCUT2D eigenvalue weighted by Gasteiger charge is -2.09. The van der Waals surface area contributed by atoms with E-state index in [-0.39, 0.29) is 24.9 Å². The van der Waals surface area contributed by atoms with Crippen LogP contribution in [0, 0.1) is 0 Å². The Bertz CT molecular complexity index is 1710. The van der Waals surface area contributed by atoms with Crippen molar-refractivity contribution in [2.75, 3.05) is 26.4 Å². The molecule has 9 heteroatoms. The molecule has 0 radical (unpaired) electrons. The lowest BCUT2D eigenvalue weighted by atomic mass is 10.1. The first-order valence-corrected chi connectivity index (χ1v) is 16.1. The van der Waals surface area contributed by atoms with Gasteiger partial charge in [-0.15, -0.1) is 0 Å². The zero-order valence-electron chi connectivity index (χ0n) is 26.3. The standard InChI is InChI=1S/C38H37FO7S/c1-26(2)36(40)46-23-22-44-34-17-12-30-24-32(9-8-31(30)25-34)38(42)47-35-18-13-29(14-19-35)28-10-15-33(16-11-28)43-20-6-4-5-7-21-45-37(41)27(3)39/h8-19,24-25H,1,3-7,20-23H2,2H3. The monoisotopic (exact) mass is 656 g/mol. The van der Waals surface area contributed by atoms with Crippen molar-refractivity contribution in [2.45, 2.75) is 37.5 Å². The van der Waals surface area contributed by atoms with Gasteiger partial charge in [0.05, 0.1) is 13.2 Å². The van der Waals surface area contributed by atoms with Gasteiger partial charge >= 0.3 is 11.9 Å². The van der Waals surface area contributed by atoms with E-state index >= 15 is 0 Å². The van der Waals surface area contributed by atoms with Crippen LogP contribution in [-0.4, -0.2) is 43.5 Å². The molecule has 0 heterocycles. The molecular weight excluding hydrogens is 619 g/mol. The van der Waals surface area contributed by atoms with E-state index in [2.05, 4.69) is 13.2 Å². The summed E-state index contributed by atoms with van der Waals surface area (Å²) in [7, 11) is 0. The van der Waals surface area contributed by atoms with Crippen molar-refractivity contribution in [1.82, 2.24) is 0 Å². The lowest BCUT2D eigenvalue weighted by molar-refractivity contribution is -0.141. The molecule has 7 nitrogen and oxygen atoms in total. The average Bonchev–Trinajstić information content (AvgIpc) is 3.07. The fourth-order valence-corrected chi connectivity index (χ4v) is 5.20. The van der Waals surface area contributed by atoms with Crippen LogP contribution in [0.2, 0.25) is 0 Å². The van der Waals surface area contributed by atoms with Gasteiger partial charge in [0.1, 0.15) is 24.7 Å². The zero-order chi connectivity index (χ0) is 33.6. The van der Waals surface area contributed by atoms with Crippen LogP contribution < -0.4 is 9.47 Å². The molecule has 0 amide bonds. The summed E-state index contributed by atoms with van der Waals surface area (Å²) in [5, 5.41) is 1.80. The molecule has 0 aliphatic carbocycles. The van der Waals surface area contributed by atoms with E-state index in [1.165, 1.54) is 11.8 Å². The number of esters is 2. The summed E-state index contributed by atoms with van der Waals surface area (Å²) in [5.74, 6) is -1.09. The number of hydrogen-bond donors (Lipinski definition) is 0. The van der Waals surface area contributed by atoms with Gasteiger partial charge in [0.15, 0.2) is 0 Å². The molecule has 0 saturated heterocycles. The van der Waals surface area contributed by atoms with Crippen LogP contribution in [0.3, 0.4) is 0 Å². The second kappa shape index (κ2) is 17.7. The molecule has 0 aliphatic heterocycles. The van der Waals surface area contributed by atoms with Gasteiger partial charge < -0.3 is 18.9 Å². The molecule has 0 bridgehead atoms. The van der Waals surface area contributed by atoms with Gasteiger partial charge in [0, 0.05) is 16.0 Å². The van der Waals surface area contributed by atoms with Crippen LogP contribution in [0.5, 0.6) is 11.5 Å². The topological polar surface area (TPSA) is 88.1 Å². The van der Waals surface area contributed by atoms with Crippen LogP contribution in [0.25, 0.3) is 21.9 Å². The smallest absolute Gasteiger partial charge is 0.366 e. The Morgan fingerprint density at radius 3 is 1.89 bits per heavy atom. The quantitative estimate of drug-likeness (QED) is 0.0482. The highest BCUT2D eigenvalue weighted by atomic mass is 32.2. The van der Waals surface area contributed by atoms with Crippen molar-refractivity contribution in [1.29, 1.82) is 0 Å². The highest BCUT2D eigenvalue weighted by Gasteiger charge is 2.11. The number of halogens is 1. The summed E-state index contributed by atoms with van der Waals surface area (Å²) in [6, 6.07) is 26.9. The summed E-state index contributed by atoms with van der Waals surface area (Å²) in [6.07, 6.45) is 3.29.